The van der Waals surface area contributed by atoms with Gasteiger partial charge in [0.15, 0.2) is 0 Å². The fourth-order valence-corrected chi connectivity index (χ4v) is 3.71. The normalized spacial score (nSPS) is 17.9. The Morgan fingerprint density at radius 2 is 2.14 bits per heavy atom. The molecule has 1 aromatic heterocycles. The molecule has 2 aromatic rings. The van der Waals surface area contributed by atoms with E-state index in [0.29, 0.717) is 31.7 Å². The highest BCUT2D eigenvalue weighted by Crippen LogP contribution is 2.24. The molecule has 1 aromatic carbocycles. The lowest BCUT2D eigenvalue weighted by Gasteiger charge is -2.28. The van der Waals surface area contributed by atoms with Crippen molar-refractivity contribution in [3.05, 3.63) is 65.5 Å². The predicted molar refractivity (Wildman–Crippen MR) is 101 cm³/mol. The smallest absolute Gasteiger partial charge is 0.251 e. The van der Waals surface area contributed by atoms with Crippen LogP contribution < -0.4 is 10.6 Å². The molecule has 4 rings (SSSR count). The van der Waals surface area contributed by atoms with Gasteiger partial charge < -0.3 is 15.5 Å². The number of benzene rings is 1. The van der Waals surface area contributed by atoms with Crippen LogP contribution in [0.3, 0.4) is 0 Å². The van der Waals surface area contributed by atoms with Gasteiger partial charge in [0.2, 0.25) is 11.8 Å². The Morgan fingerprint density at radius 1 is 1.32 bits per heavy atom. The van der Waals surface area contributed by atoms with Crippen LogP contribution in [0.25, 0.3) is 0 Å². The van der Waals surface area contributed by atoms with E-state index in [0.717, 1.165) is 16.8 Å². The highest BCUT2D eigenvalue weighted by Gasteiger charge is 2.30. The first-order valence-electron chi connectivity index (χ1n) is 9.18. The van der Waals surface area contributed by atoms with Gasteiger partial charge in [0.25, 0.3) is 5.91 Å². The number of nitrogens with zero attached hydrogens (tertiary/aromatic N) is 3. The van der Waals surface area contributed by atoms with E-state index < -0.39 is 5.92 Å². The first-order valence-corrected chi connectivity index (χ1v) is 9.18. The zero-order chi connectivity index (χ0) is 19.7. The second-order valence-electron chi connectivity index (χ2n) is 6.87. The number of rotatable bonds is 4. The van der Waals surface area contributed by atoms with Crippen molar-refractivity contribution < 1.29 is 14.4 Å². The fraction of sp³-hybridized carbons (Fsp3) is 0.300. The van der Waals surface area contributed by atoms with E-state index in [-0.39, 0.29) is 24.3 Å². The van der Waals surface area contributed by atoms with E-state index >= 15 is 0 Å². The summed E-state index contributed by atoms with van der Waals surface area (Å²) in [6, 6.07) is 7.16. The standard InChI is InChI=1S/C20H21N5O3/c1-2-18(26)24-7-8-25-17(12-24)13(10-23-25)9-21-20(28)16-11-22-19(27)15-6-4-3-5-14(15)16/h2-6,10,16H,1,7-9,11-12H2,(H,21,28)(H,22,27). The van der Waals surface area contributed by atoms with Crippen LogP contribution in [0, 0.1) is 0 Å². The van der Waals surface area contributed by atoms with Crippen molar-refractivity contribution in [2.75, 3.05) is 13.1 Å². The quantitative estimate of drug-likeness (QED) is 0.759. The molecule has 2 aliphatic rings. The third-order valence-corrected chi connectivity index (χ3v) is 5.26. The molecule has 1 unspecified atom stereocenters. The average molecular weight is 379 g/mol. The molecular formula is C20H21N5O3. The van der Waals surface area contributed by atoms with Gasteiger partial charge in [-0.3, -0.25) is 19.1 Å². The summed E-state index contributed by atoms with van der Waals surface area (Å²) < 4.78 is 1.87. The molecule has 8 nitrogen and oxygen atoms in total. The van der Waals surface area contributed by atoms with Gasteiger partial charge in [-0.25, -0.2) is 0 Å². The molecule has 0 saturated heterocycles. The van der Waals surface area contributed by atoms with Gasteiger partial charge in [0.1, 0.15) is 0 Å². The summed E-state index contributed by atoms with van der Waals surface area (Å²) in [6.45, 7) is 5.77. The number of hydrogen-bond donors (Lipinski definition) is 2. The first-order chi connectivity index (χ1) is 13.6. The number of nitrogens with one attached hydrogen (secondary N) is 2. The largest absolute Gasteiger partial charge is 0.351 e. The highest BCUT2D eigenvalue weighted by molar-refractivity contribution is 6.00. The minimum atomic E-state index is -0.431. The van der Waals surface area contributed by atoms with Crippen LogP contribution >= 0.6 is 0 Å². The Kier molecular flexibility index (Phi) is 4.68. The molecule has 0 fully saturated rings. The van der Waals surface area contributed by atoms with Gasteiger partial charge in [-0.05, 0) is 17.7 Å². The molecule has 0 spiro atoms. The Labute approximate surface area is 162 Å². The van der Waals surface area contributed by atoms with E-state index in [1.54, 1.807) is 23.2 Å². The summed E-state index contributed by atoms with van der Waals surface area (Å²) in [6.07, 6.45) is 3.04. The number of carbonyl (C=O) groups is 3. The monoisotopic (exact) mass is 379 g/mol. The van der Waals surface area contributed by atoms with Crippen molar-refractivity contribution in [2.24, 2.45) is 0 Å². The predicted octanol–water partition coefficient (Wildman–Crippen LogP) is 0.555. The number of carbonyl (C=O) groups excluding carboxylic acids is 3. The minimum absolute atomic E-state index is 0.114. The zero-order valence-electron chi connectivity index (χ0n) is 15.4. The Morgan fingerprint density at radius 3 is 2.96 bits per heavy atom. The lowest BCUT2D eigenvalue weighted by Crippen LogP contribution is -2.42. The van der Waals surface area contributed by atoms with Crippen LogP contribution in [-0.2, 0) is 29.2 Å². The third kappa shape index (κ3) is 3.17. The molecular weight excluding hydrogens is 358 g/mol. The number of amides is 3. The molecule has 8 heteroatoms. The van der Waals surface area contributed by atoms with E-state index in [2.05, 4.69) is 22.3 Å². The lowest BCUT2D eigenvalue weighted by molar-refractivity contribution is -0.127. The minimum Gasteiger partial charge on any atom is -0.351 e. The molecule has 1 atom stereocenters. The van der Waals surface area contributed by atoms with Crippen LogP contribution in [0.1, 0.15) is 33.1 Å². The Hall–Kier alpha value is -3.42. The summed E-state index contributed by atoms with van der Waals surface area (Å²) in [5.41, 5.74) is 3.07. The maximum atomic E-state index is 12.8. The molecule has 3 amide bonds. The summed E-state index contributed by atoms with van der Waals surface area (Å²) in [5.74, 6) is -0.851. The van der Waals surface area contributed by atoms with Crippen LogP contribution in [0.4, 0.5) is 0 Å². The Balaban J connectivity index is 1.47. The summed E-state index contributed by atoms with van der Waals surface area (Å²) in [4.78, 5) is 38.4. The number of fused-ring (bicyclic) bond motifs is 2. The summed E-state index contributed by atoms with van der Waals surface area (Å²) >= 11 is 0. The van der Waals surface area contributed by atoms with Crippen molar-refractivity contribution in [3.63, 3.8) is 0 Å². The van der Waals surface area contributed by atoms with E-state index in [4.69, 9.17) is 0 Å². The van der Waals surface area contributed by atoms with E-state index in [1.165, 1.54) is 6.08 Å². The molecule has 0 bridgehead atoms. The molecule has 28 heavy (non-hydrogen) atoms. The van der Waals surface area contributed by atoms with Crippen molar-refractivity contribution in [3.8, 4) is 0 Å². The van der Waals surface area contributed by atoms with Gasteiger partial charge in [-0.1, -0.05) is 24.8 Å². The van der Waals surface area contributed by atoms with Crippen molar-refractivity contribution in [2.45, 2.75) is 25.6 Å². The topological polar surface area (TPSA) is 96.3 Å². The third-order valence-electron chi connectivity index (χ3n) is 5.26. The average Bonchev–Trinajstić information content (AvgIpc) is 3.14. The maximum Gasteiger partial charge on any atom is 0.251 e. The number of aromatic nitrogens is 2. The highest BCUT2D eigenvalue weighted by atomic mass is 16.2. The van der Waals surface area contributed by atoms with Crippen LogP contribution in [-0.4, -0.2) is 45.5 Å². The molecule has 2 aliphatic heterocycles. The maximum absolute atomic E-state index is 12.8. The van der Waals surface area contributed by atoms with Gasteiger partial charge in [-0.15, -0.1) is 0 Å². The lowest BCUT2D eigenvalue weighted by atomic mass is 9.90. The van der Waals surface area contributed by atoms with E-state index in [1.807, 2.05) is 16.8 Å². The van der Waals surface area contributed by atoms with Crippen LogP contribution in [0.5, 0.6) is 0 Å². The zero-order valence-corrected chi connectivity index (χ0v) is 15.4. The first kappa shape index (κ1) is 18.0. The van der Waals surface area contributed by atoms with Gasteiger partial charge >= 0.3 is 0 Å². The van der Waals surface area contributed by atoms with Crippen LogP contribution in [0.15, 0.2) is 43.1 Å². The van der Waals surface area contributed by atoms with E-state index in [9.17, 15) is 14.4 Å². The summed E-state index contributed by atoms with van der Waals surface area (Å²) in [5, 5.41) is 10.1. The van der Waals surface area contributed by atoms with Gasteiger partial charge in [0, 0.05) is 30.8 Å². The Bertz CT molecular complexity index is 965. The fourth-order valence-electron chi connectivity index (χ4n) is 3.71. The molecule has 3 heterocycles. The molecule has 0 radical (unpaired) electrons. The SMILES string of the molecule is C=CC(=O)N1CCn2ncc(CNC(=O)C3CNC(=O)c4ccccc43)c2C1. The second-order valence-corrected chi connectivity index (χ2v) is 6.87. The number of hydrogen-bond acceptors (Lipinski definition) is 4. The van der Waals surface area contributed by atoms with Crippen molar-refractivity contribution >= 4 is 17.7 Å². The van der Waals surface area contributed by atoms with Gasteiger partial charge in [-0.2, -0.15) is 5.10 Å². The van der Waals surface area contributed by atoms with Gasteiger partial charge in [0.05, 0.1) is 30.9 Å². The second kappa shape index (κ2) is 7.30. The van der Waals surface area contributed by atoms with Crippen molar-refractivity contribution in [1.29, 1.82) is 0 Å². The molecule has 2 N–H and O–H groups in total. The molecule has 0 aliphatic carbocycles. The van der Waals surface area contributed by atoms with Crippen molar-refractivity contribution in [1.82, 2.24) is 25.3 Å². The van der Waals surface area contributed by atoms with Crippen LogP contribution in [0.2, 0.25) is 0 Å². The molecule has 0 saturated carbocycles. The molecule has 144 valence electrons. The summed E-state index contributed by atoms with van der Waals surface area (Å²) in [7, 11) is 0.